The third-order valence-corrected chi connectivity index (χ3v) is 4.43. The predicted molar refractivity (Wildman–Crippen MR) is 110 cm³/mol. The van der Waals surface area contributed by atoms with Gasteiger partial charge in [0, 0.05) is 28.7 Å². The average molecular weight is 361 g/mol. The second-order valence-electron chi connectivity index (χ2n) is 6.03. The van der Waals surface area contributed by atoms with E-state index in [4.69, 9.17) is 11.6 Å². The molecule has 26 heavy (non-hydrogen) atoms. The zero-order valence-electron chi connectivity index (χ0n) is 14.9. The summed E-state index contributed by atoms with van der Waals surface area (Å²) in [6.45, 7) is 4.07. The van der Waals surface area contributed by atoms with Crippen LogP contribution < -0.4 is 0 Å². The van der Waals surface area contributed by atoms with Crippen molar-refractivity contribution in [2.24, 2.45) is 0 Å². The van der Waals surface area contributed by atoms with Gasteiger partial charge >= 0.3 is 0 Å². The second-order valence-corrected chi connectivity index (χ2v) is 6.43. The van der Waals surface area contributed by atoms with Crippen LogP contribution in [-0.2, 0) is 0 Å². The Morgan fingerprint density at radius 3 is 2.04 bits per heavy atom. The Kier molecular flexibility index (Phi) is 5.88. The predicted octanol–water partition coefficient (Wildman–Crippen LogP) is 6.50. The van der Waals surface area contributed by atoms with E-state index in [0.29, 0.717) is 0 Å². The Morgan fingerprint density at radius 1 is 0.769 bits per heavy atom. The number of imidazole rings is 1. The van der Waals surface area contributed by atoms with E-state index in [2.05, 4.69) is 52.9 Å². The lowest BCUT2D eigenvalue weighted by molar-refractivity contribution is 0.975. The van der Waals surface area contributed by atoms with E-state index < -0.39 is 0 Å². The summed E-state index contributed by atoms with van der Waals surface area (Å²) in [5.41, 5.74) is 4.68. The summed E-state index contributed by atoms with van der Waals surface area (Å²) in [4.78, 5) is 4.16. The van der Waals surface area contributed by atoms with E-state index in [1.807, 2.05) is 61.8 Å². The molecule has 0 aliphatic heterocycles. The number of hydrogen-bond donors (Lipinski definition) is 0. The Labute approximate surface area is 159 Å². The van der Waals surface area contributed by atoms with Gasteiger partial charge < -0.3 is 4.57 Å². The molecule has 0 aliphatic rings. The fraction of sp³-hybridized carbons (Fsp3) is 0.0870. The molecular weight excluding hydrogens is 340 g/mol. The summed E-state index contributed by atoms with van der Waals surface area (Å²) in [5, 5.41) is 0.802. The van der Waals surface area contributed by atoms with Crippen LogP contribution in [0, 0.1) is 13.8 Å². The van der Waals surface area contributed by atoms with Crippen molar-refractivity contribution in [1.82, 2.24) is 9.55 Å². The number of aromatic nitrogens is 2. The van der Waals surface area contributed by atoms with Gasteiger partial charge in [0.1, 0.15) is 5.82 Å². The van der Waals surface area contributed by atoms with Crippen LogP contribution >= 0.6 is 11.6 Å². The van der Waals surface area contributed by atoms with Gasteiger partial charge in [0.15, 0.2) is 0 Å². The SMILES string of the molecule is Cc1ccc(-c2ccccc2Cl)cc1.Cc1nccn1-c1ccccc1. The van der Waals surface area contributed by atoms with E-state index in [9.17, 15) is 0 Å². The number of benzene rings is 3. The van der Waals surface area contributed by atoms with Gasteiger partial charge in [-0.3, -0.25) is 0 Å². The normalized spacial score (nSPS) is 10.1. The van der Waals surface area contributed by atoms with Crippen LogP contribution in [0.3, 0.4) is 0 Å². The van der Waals surface area contributed by atoms with Crippen molar-refractivity contribution in [2.75, 3.05) is 0 Å². The number of aryl methyl sites for hydroxylation is 2. The molecule has 4 aromatic rings. The maximum absolute atomic E-state index is 6.10. The average Bonchev–Trinajstić information content (AvgIpc) is 3.10. The van der Waals surface area contributed by atoms with Gasteiger partial charge in [-0.05, 0) is 37.6 Å². The molecule has 0 unspecified atom stereocenters. The van der Waals surface area contributed by atoms with E-state index in [-0.39, 0.29) is 0 Å². The number of rotatable bonds is 2. The number of nitrogens with zero attached hydrogens (tertiary/aromatic N) is 2. The Bertz CT molecular complexity index is 957. The van der Waals surface area contributed by atoms with Crippen LogP contribution in [-0.4, -0.2) is 9.55 Å². The van der Waals surface area contributed by atoms with Crippen LogP contribution in [0.15, 0.2) is 91.3 Å². The zero-order valence-corrected chi connectivity index (χ0v) is 15.7. The molecule has 0 saturated heterocycles. The van der Waals surface area contributed by atoms with Crippen molar-refractivity contribution >= 4 is 11.6 Å². The molecule has 0 amide bonds. The maximum Gasteiger partial charge on any atom is 0.110 e. The van der Waals surface area contributed by atoms with Gasteiger partial charge in [-0.1, -0.05) is 77.8 Å². The zero-order chi connectivity index (χ0) is 18.4. The molecule has 0 fully saturated rings. The number of hydrogen-bond acceptors (Lipinski definition) is 1. The standard InChI is InChI=1S/C13H11Cl.C10H10N2/c1-10-6-8-11(9-7-10)12-4-2-3-5-13(12)14;1-9-11-7-8-12(9)10-5-3-2-4-6-10/h2-9H,1H3;2-8H,1H3. The molecular formula is C23H21ClN2. The van der Waals surface area contributed by atoms with Crippen molar-refractivity contribution in [3.8, 4) is 16.8 Å². The Balaban J connectivity index is 0.000000152. The van der Waals surface area contributed by atoms with Crippen molar-refractivity contribution < 1.29 is 0 Å². The first kappa shape index (κ1) is 18.0. The third-order valence-electron chi connectivity index (χ3n) is 4.10. The molecule has 0 saturated carbocycles. The van der Waals surface area contributed by atoms with Gasteiger partial charge in [-0.25, -0.2) is 4.98 Å². The highest BCUT2D eigenvalue weighted by Crippen LogP contribution is 2.27. The van der Waals surface area contributed by atoms with Crippen LogP contribution in [0.1, 0.15) is 11.4 Å². The lowest BCUT2D eigenvalue weighted by Gasteiger charge is -2.03. The maximum atomic E-state index is 6.10. The smallest absolute Gasteiger partial charge is 0.110 e. The summed E-state index contributed by atoms with van der Waals surface area (Å²) < 4.78 is 2.06. The monoisotopic (exact) mass is 360 g/mol. The molecule has 130 valence electrons. The lowest BCUT2D eigenvalue weighted by atomic mass is 10.0. The van der Waals surface area contributed by atoms with Crippen LogP contribution in [0.4, 0.5) is 0 Å². The molecule has 3 aromatic carbocycles. The molecule has 0 bridgehead atoms. The molecule has 0 radical (unpaired) electrons. The van der Waals surface area contributed by atoms with Crippen molar-refractivity contribution in [1.29, 1.82) is 0 Å². The summed E-state index contributed by atoms with van der Waals surface area (Å²) in [7, 11) is 0. The second kappa shape index (κ2) is 8.50. The Hall–Kier alpha value is -2.84. The van der Waals surface area contributed by atoms with Crippen LogP contribution in [0.5, 0.6) is 0 Å². The third kappa shape index (κ3) is 4.41. The minimum atomic E-state index is 0.802. The summed E-state index contributed by atoms with van der Waals surface area (Å²) in [6, 6.07) is 26.5. The first-order valence-corrected chi connectivity index (χ1v) is 8.90. The summed E-state index contributed by atoms with van der Waals surface area (Å²) in [5.74, 6) is 1.02. The molecule has 4 rings (SSSR count). The fourth-order valence-corrected chi connectivity index (χ4v) is 2.91. The van der Waals surface area contributed by atoms with E-state index >= 15 is 0 Å². The van der Waals surface area contributed by atoms with Crippen molar-refractivity contribution in [2.45, 2.75) is 13.8 Å². The molecule has 0 N–H and O–H groups in total. The van der Waals surface area contributed by atoms with Gasteiger partial charge in [-0.2, -0.15) is 0 Å². The fourth-order valence-electron chi connectivity index (χ4n) is 2.67. The topological polar surface area (TPSA) is 17.8 Å². The quantitative estimate of drug-likeness (QED) is 0.399. The molecule has 0 atom stereocenters. The van der Waals surface area contributed by atoms with Gasteiger partial charge in [-0.15, -0.1) is 0 Å². The van der Waals surface area contributed by atoms with Crippen LogP contribution in [0.2, 0.25) is 5.02 Å². The summed E-state index contributed by atoms with van der Waals surface area (Å²) in [6.07, 6.45) is 3.77. The van der Waals surface area contributed by atoms with Gasteiger partial charge in [0.25, 0.3) is 0 Å². The highest BCUT2D eigenvalue weighted by molar-refractivity contribution is 6.33. The minimum Gasteiger partial charge on any atom is -0.304 e. The first-order valence-electron chi connectivity index (χ1n) is 8.52. The van der Waals surface area contributed by atoms with Crippen LogP contribution in [0.25, 0.3) is 16.8 Å². The lowest BCUT2D eigenvalue weighted by Crippen LogP contribution is -1.93. The van der Waals surface area contributed by atoms with Crippen molar-refractivity contribution in [3.63, 3.8) is 0 Å². The van der Waals surface area contributed by atoms with E-state index in [1.165, 1.54) is 11.1 Å². The Morgan fingerprint density at radius 2 is 1.42 bits per heavy atom. The molecule has 1 aromatic heterocycles. The highest BCUT2D eigenvalue weighted by atomic mass is 35.5. The highest BCUT2D eigenvalue weighted by Gasteiger charge is 2.00. The largest absolute Gasteiger partial charge is 0.304 e. The first-order chi connectivity index (χ1) is 12.6. The molecule has 2 nitrogen and oxygen atoms in total. The van der Waals surface area contributed by atoms with Gasteiger partial charge in [0.2, 0.25) is 0 Å². The summed E-state index contributed by atoms with van der Waals surface area (Å²) >= 11 is 6.10. The number of para-hydroxylation sites is 1. The van der Waals surface area contributed by atoms with E-state index in [0.717, 1.165) is 22.1 Å². The molecule has 0 spiro atoms. The molecule has 1 heterocycles. The van der Waals surface area contributed by atoms with E-state index in [1.54, 1.807) is 0 Å². The number of halogens is 1. The molecule has 3 heteroatoms. The minimum absolute atomic E-state index is 0.802. The van der Waals surface area contributed by atoms with Crippen molar-refractivity contribution in [3.05, 3.63) is 108 Å². The van der Waals surface area contributed by atoms with Gasteiger partial charge in [0.05, 0.1) is 0 Å². The molecule has 0 aliphatic carbocycles.